The van der Waals surface area contributed by atoms with Crippen molar-refractivity contribution in [1.82, 2.24) is 9.97 Å². The second-order valence-corrected chi connectivity index (χ2v) is 5.45. The van der Waals surface area contributed by atoms with Crippen LogP contribution < -0.4 is 5.32 Å². The summed E-state index contributed by atoms with van der Waals surface area (Å²) in [4.78, 5) is 9.40. The number of rotatable bonds is 2. The SMILES string of the molecule is CCNc1nc(C(C)(C)C)nc2c1CCC2. The van der Waals surface area contributed by atoms with Gasteiger partial charge in [0.1, 0.15) is 11.6 Å². The monoisotopic (exact) mass is 219 g/mol. The van der Waals surface area contributed by atoms with Crippen LogP contribution in [0.5, 0.6) is 0 Å². The summed E-state index contributed by atoms with van der Waals surface area (Å²) in [5.41, 5.74) is 2.63. The molecule has 3 nitrogen and oxygen atoms in total. The first-order valence-corrected chi connectivity index (χ1v) is 6.16. The van der Waals surface area contributed by atoms with E-state index in [2.05, 4.69) is 38.0 Å². The number of anilines is 1. The largest absolute Gasteiger partial charge is 0.370 e. The second kappa shape index (κ2) is 4.04. The van der Waals surface area contributed by atoms with Crippen molar-refractivity contribution in [3.63, 3.8) is 0 Å². The van der Waals surface area contributed by atoms with Gasteiger partial charge in [0.25, 0.3) is 0 Å². The minimum Gasteiger partial charge on any atom is -0.370 e. The van der Waals surface area contributed by atoms with Crippen molar-refractivity contribution < 1.29 is 0 Å². The van der Waals surface area contributed by atoms with Crippen LogP contribution in [-0.2, 0) is 18.3 Å². The first-order chi connectivity index (χ1) is 7.52. The standard InChI is InChI=1S/C13H21N3/c1-5-14-11-9-7-6-8-10(9)15-12(16-11)13(2,3)4/h5-8H2,1-4H3,(H,14,15,16). The van der Waals surface area contributed by atoms with E-state index < -0.39 is 0 Å². The van der Waals surface area contributed by atoms with Gasteiger partial charge in [-0.25, -0.2) is 9.97 Å². The van der Waals surface area contributed by atoms with Crippen LogP contribution in [0.15, 0.2) is 0 Å². The maximum absolute atomic E-state index is 4.72. The van der Waals surface area contributed by atoms with Gasteiger partial charge in [-0.05, 0) is 26.2 Å². The van der Waals surface area contributed by atoms with Crippen molar-refractivity contribution in [1.29, 1.82) is 0 Å². The number of aryl methyl sites for hydroxylation is 1. The summed E-state index contributed by atoms with van der Waals surface area (Å²) in [6.07, 6.45) is 3.46. The topological polar surface area (TPSA) is 37.8 Å². The van der Waals surface area contributed by atoms with E-state index in [0.29, 0.717) is 0 Å². The summed E-state index contributed by atoms with van der Waals surface area (Å²) in [7, 11) is 0. The molecule has 2 rings (SSSR count). The molecule has 0 spiro atoms. The molecule has 3 heteroatoms. The van der Waals surface area contributed by atoms with Crippen molar-refractivity contribution in [3.05, 3.63) is 17.1 Å². The third-order valence-corrected chi connectivity index (χ3v) is 2.95. The Hall–Kier alpha value is -1.12. The van der Waals surface area contributed by atoms with Crippen molar-refractivity contribution in [3.8, 4) is 0 Å². The summed E-state index contributed by atoms with van der Waals surface area (Å²) >= 11 is 0. The van der Waals surface area contributed by atoms with Crippen molar-refractivity contribution in [2.24, 2.45) is 0 Å². The Bertz CT molecular complexity index is 391. The molecule has 0 saturated heterocycles. The molecule has 0 radical (unpaired) electrons. The average Bonchev–Trinajstić information content (AvgIpc) is 2.64. The predicted octanol–water partition coefficient (Wildman–Crippen LogP) is 2.69. The lowest BCUT2D eigenvalue weighted by atomic mass is 9.95. The maximum Gasteiger partial charge on any atom is 0.136 e. The predicted molar refractivity (Wildman–Crippen MR) is 66.9 cm³/mol. The highest BCUT2D eigenvalue weighted by Crippen LogP contribution is 2.29. The molecule has 1 aromatic rings. The van der Waals surface area contributed by atoms with Crippen LogP contribution >= 0.6 is 0 Å². The Balaban J connectivity index is 2.47. The van der Waals surface area contributed by atoms with Gasteiger partial charge in [-0.1, -0.05) is 20.8 Å². The molecule has 0 atom stereocenters. The van der Waals surface area contributed by atoms with Crippen LogP contribution in [0.25, 0.3) is 0 Å². The van der Waals surface area contributed by atoms with Gasteiger partial charge in [0, 0.05) is 23.2 Å². The Labute approximate surface area is 97.7 Å². The van der Waals surface area contributed by atoms with Crippen LogP contribution in [-0.4, -0.2) is 16.5 Å². The second-order valence-electron chi connectivity index (χ2n) is 5.45. The van der Waals surface area contributed by atoms with Crippen LogP contribution in [0.3, 0.4) is 0 Å². The van der Waals surface area contributed by atoms with Gasteiger partial charge in [0.05, 0.1) is 0 Å². The normalized spacial score (nSPS) is 15.0. The molecule has 0 fully saturated rings. The van der Waals surface area contributed by atoms with Gasteiger partial charge in [0.2, 0.25) is 0 Å². The van der Waals surface area contributed by atoms with Crippen LogP contribution in [0.4, 0.5) is 5.82 Å². The highest BCUT2D eigenvalue weighted by atomic mass is 15.0. The average molecular weight is 219 g/mol. The quantitative estimate of drug-likeness (QED) is 0.831. The molecule has 0 aliphatic heterocycles. The Morgan fingerprint density at radius 1 is 1.19 bits per heavy atom. The van der Waals surface area contributed by atoms with E-state index in [-0.39, 0.29) is 5.41 Å². The summed E-state index contributed by atoms with van der Waals surface area (Å²) in [6, 6.07) is 0. The lowest BCUT2D eigenvalue weighted by Gasteiger charge is -2.19. The van der Waals surface area contributed by atoms with E-state index in [9.17, 15) is 0 Å². The third kappa shape index (κ3) is 2.04. The number of hydrogen-bond acceptors (Lipinski definition) is 3. The number of fused-ring (bicyclic) bond motifs is 1. The highest BCUT2D eigenvalue weighted by molar-refractivity contribution is 5.49. The summed E-state index contributed by atoms with van der Waals surface area (Å²) in [5.74, 6) is 2.03. The lowest BCUT2D eigenvalue weighted by molar-refractivity contribution is 0.542. The minimum atomic E-state index is 0.0296. The molecule has 1 aliphatic carbocycles. The molecule has 0 amide bonds. The highest BCUT2D eigenvalue weighted by Gasteiger charge is 2.24. The first-order valence-electron chi connectivity index (χ1n) is 6.16. The van der Waals surface area contributed by atoms with E-state index in [1.807, 2.05) is 0 Å². The first kappa shape index (κ1) is 11.4. The van der Waals surface area contributed by atoms with Crippen LogP contribution in [0, 0.1) is 0 Å². The number of hydrogen-bond donors (Lipinski definition) is 1. The summed E-state index contributed by atoms with van der Waals surface area (Å²) in [6.45, 7) is 9.53. The Morgan fingerprint density at radius 3 is 2.56 bits per heavy atom. The van der Waals surface area contributed by atoms with E-state index in [1.165, 1.54) is 17.7 Å². The fourth-order valence-corrected chi connectivity index (χ4v) is 2.08. The molecule has 88 valence electrons. The zero-order chi connectivity index (χ0) is 11.8. The number of nitrogens with zero attached hydrogens (tertiary/aromatic N) is 2. The van der Waals surface area contributed by atoms with Gasteiger partial charge >= 0.3 is 0 Å². The van der Waals surface area contributed by atoms with Crippen LogP contribution in [0.2, 0.25) is 0 Å². The smallest absolute Gasteiger partial charge is 0.136 e. The molecule has 1 aromatic heterocycles. The van der Waals surface area contributed by atoms with Gasteiger partial charge in [-0.15, -0.1) is 0 Å². The fraction of sp³-hybridized carbons (Fsp3) is 0.692. The van der Waals surface area contributed by atoms with E-state index in [0.717, 1.165) is 31.0 Å². The summed E-state index contributed by atoms with van der Waals surface area (Å²) < 4.78 is 0. The van der Waals surface area contributed by atoms with Gasteiger partial charge < -0.3 is 5.32 Å². The molecular formula is C13H21N3. The van der Waals surface area contributed by atoms with Crippen molar-refractivity contribution in [2.45, 2.75) is 52.4 Å². The van der Waals surface area contributed by atoms with E-state index in [4.69, 9.17) is 4.98 Å². The molecule has 1 heterocycles. The van der Waals surface area contributed by atoms with Crippen molar-refractivity contribution >= 4 is 5.82 Å². The molecule has 0 bridgehead atoms. The number of nitrogens with one attached hydrogen (secondary N) is 1. The molecular weight excluding hydrogens is 198 g/mol. The van der Waals surface area contributed by atoms with Crippen LogP contribution in [0.1, 0.15) is 51.2 Å². The summed E-state index contributed by atoms with van der Waals surface area (Å²) in [5, 5.41) is 3.37. The fourth-order valence-electron chi connectivity index (χ4n) is 2.08. The molecule has 0 aromatic carbocycles. The van der Waals surface area contributed by atoms with E-state index in [1.54, 1.807) is 0 Å². The Morgan fingerprint density at radius 2 is 1.94 bits per heavy atom. The minimum absolute atomic E-state index is 0.0296. The zero-order valence-electron chi connectivity index (χ0n) is 10.7. The molecule has 1 N–H and O–H groups in total. The Kier molecular flexibility index (Phi) is 2.87. The third-order valence-electron chi connectivity index (χ3n) is 2.95. The van der Waals surface area contributed by atoms with Gasteiger partial charge in [-0.2, -0.15) is 0 Å². The lowest BCUT2D eigenvalue weighted by Crippen LogP contribution is -2.19. The zero-order valence-corrected chi connectivity index (χ0v) is 10.7. The molecule has 0 saturated carbocycles. The maximum atomic E-state index is 4.72. The number of aromatic nitrogens is 2. The molecule has 1 aliphatic rings. The molecule has 16 heavy (non-hydrogen) atoms. The van der Waals surface area contributed by atoms with Crippen molar-refractivity contribution in [2.75, 3.05) is 11.9 Å². The van der Waals surface area contributed by atoms with Gasteiger partial charge in [0.15, 0.2) is 0 Å². The van der Waals surface area contributed by atoms with E-state index >= 15 is 0 Å². The van der Waals surface area contributed by atoms with Gasteiger partial charge in [-0.3, -0.25) is 0 Å². The molecule has 0 unspecified atom stereocenters.